The molecule has 15 nitrogen and oxygen atoms in total. The van der Waals surface area contributed by atoms with Crippen LogP contribution in [0.2, 0.25) is 0 Å². The number of hydrogen-bond acceptors (Lipinski definition) is 9. The molecule has 0 atom stereocenters. The molecule has 3 radical (unpaired) electrons. The molecule has 6 fully saturated rings. The van der Waals surface area contributed by atoms with Crippen molar-refractivity contribution in [1.29, 1.82) is 0 Å². The van der Waals surface area contributed by atoms with Crippen LogP contribution in [0.5, 0.6) is 0 Å². The van der Waals surface area contributed by atoms with E-state index in [9.17, 15) is 28.8 Å². The van der Waals surface area contributed by atoms with Crippen LogP contribution in [0, 0.1) is 24.2 Å². The molecule has 6 aliphatic heterocycles. The molecule has 0 N–H and O–H groups in total. The van der Waals surface area contributed by atoms with Gasteiger partial charge in [0, 0.05) is 260 Å². The molecule has 0 saturated carbocycles. The van der Waals surface area contributed by atoms with E-state index in [1.165, 1.54) is 16.7 Å². The number of carbonyl (C=O) groups is 3. The Hall–Kier alpha value is -3.21. The van der Waals surface area contributed by atoms with Gasteiger partial charge in [-0.15, -0.1) is 12.3 Å². The fourth-order valence-corrected chi connectivity index (χ4v) is 9.56. The minimum absolute atomic E-state index is 0. The average Bonchev–Trinajstić information content (AvgIpc) is 3.68. The quantitative estimate of drug-likeness (QED) is 0.102. The fraction of sp³-hybridized carbons (Fsp3) is 0.562. The molecule has 3 aromatic carbocycles. The molecule has 3 aromatic rings. The summed E-state index contributed by atoms with van der Waals surface area (Å²) < 4.78 is 0. The van der Waals surface area contributed by atoms with Crippen LogP contribution in [-0.4, -0.2) is 217 Å². The molecule has 0 spiro atoms. The molecule has 6 saturated heterocycles. The Balaban J connectivity index is 0.00000107. The van der Waals surface area contributed by atoms with Crippen LogP contribution in [0.1, 0.15) is 97.3 Å². The molecule has 441 valence electrons. The zero-order valence-electron chi connectivity index (χ0n) is 50.6. The zero-order chi connectivity index (χ0) is 57.6. The zero-order valence-corrected chi connectivity index (χ0v) is 59.1. The van der Waals surface area contributed by atoms with Crippen molar-refractivity contribution in [2.24, 2.45) is 0 Å². The fourth-order valence-electron chi connectivity index (χ4n) is 9.56. The normalized spacial score (nSPS) is 16.7. The van der Waals surface area contributed by atoms with Crippen molar-refractivity contribution in [2.45, 2.75) is 118 Å². The predicted molar refractivity (Wildman–Crippen MR) is 317 cm³/mol. The third-order valence-electron chi connectivity index (χ3n) is 14.4. The number of carbonyl (C=O) groups excluding carboxylic acids is 6. The number of aryl methyl sites for hydroxylation is 1. The van der Waals surface area contributed by atoms with Crippen LogP contribution in [-0.2, 0) is 146 Å². The van der Waals surface area contributed by atoms with Crippen LogP contribution < -0.4 is 0 Å². The molecule has 18 heteroatoms. The SMILES string of the molecule is C#CCc1ccccc1.CC.CC.CC.CCC(=O)N1CC(N2CCN([C-]=O)CC2)C1.O=[C-]N1CCN(C2CN(C(=O)CC#CCc3ccccc3)C2)CC1.O=[C-]N1CCN(C2CN(C(=O)CCCCc3ccccc3)C2)CC1.[Y].[Y].[Y]. The van der Waals surface area contributed by atoms with E-state index < -0.39 is 0 Å². The average molecular weight is 1350 g/mol. The van der Waals surface area contributed by atoms with Gasteiger partial charge in [0.2, 0.25) is 17.7 Å². The Morgan fingerprint density at radius 1 is 0.451 bits per heavy atom. The summed E-state index contributed by atoms with van der Waals surface area (Å²) in [6.07, 6.45) is 17.0. The predicted octanol–water partition coefficient (Wildman–Crippen LogP) is 6.04. The standard InChI is InChI=1S/C19H26N3O2.C19H22N3O2.C11H18N3O2.C9H8.3C2H6.3Y/c2*23-16-20-10-12-21(13-11-20)18-14-22(15-18)19(24)9-5-4-8-17-6-2-1-3-7-17;1-2-11(16)14-7-10(8-14)13-5-3-12(9-15)4-6-13;1-2-6-9-7-4-3-5-8-9;3*1-2;;;/h1-3,6-7,18H,4-5,8-15H2;1-3,6-7,18H,8-15H2;10H,2-8H2,1H3;1,3-5,7-8H,6H2;3*1-2H3;;;/q3*-1;;;;;;;. The maximum atomic E-state index is 12.2. The van der Waals surface area contributed by atoms with Gasteiger partial charge in [0.1, 0.15) is 0 Å². The van der Waals surface area contributed by atoms with Gasteiger partial charge in [0.25, 0.3) is 0 Å². The first kappa shape index (κ1) is 78.8. The van der Waals surface area contributed by atoms with Crippen molar-refractivity contribution >= 4 is 37.0 Å². The van der Waals surface area contributed by atoms with Crippen LogP contribution in [0.25, 0.3) is 0 Å². The van der Waals surface area contributed by atoms with Gasteiger partial charge in [-0.2, -0.15) is 19.2 Å². The van der Waals surface area contributed by atoms with Gasteiger partial charge in [0.15, 0.2) is 0 Å². The Kier molecular flexibility index (Phi) is 46.1. The van der Waals surface area contributed by atoms with Crippen molar-refractivity contribution < 1.29 is 127 Å². The smallest absolute Gasteiger partial charge is 0.234 e. The van der Waals surface area contributed by atoms with Crippen LogP contribution in [0.4, 0.5) is 0 Å². The summed E-state index contributed by atoms with van der Waals surface area (Å²) in [5, 5.41) is 0. The number of terminal acetylenes is 1. The number of amides is 6. The van der Waals surface area contributed by atoms with Gasteiger partial charge in [-0.25, -0.2) is 0 Å². The van der Waals surface area contributed by atoms with E-state index in [1.807, 2.05) is 149 Å². The van der Waals surface area contributed by atoms with Crippen molar-refractivity contribution in [2.75, 3.05) is 118 Å². The van der Waals surface area contributed by atoms with E-state index in [-0.39, 0.29) is 110 Å². The molecular formula is C64H92N9O6Y3-3. The molecule has 6 aliphatic rings. The minimum atomic E-state index is 0. The summed E-state index contributed by atoms with van der Waals surface area (Å²) in [7, 11) is 0. The Bertz CT molecular complexity index is 2270. The van der Waals surface area contributed by atoms with Crippen LogP contribution in [0.15, 0.2) is 91.0 Å². The summed E-state index contributed by atoms with van der Waals surface area (Å²) >= 11 is 0. The minimum Gasteiger partial charge on any atom is -0.520 e. The van der Waals surface area contributed by atoms with E-state index in [1.54, 1.807) is 14.7 Å². The molecule has 6 amide bonds. The second-order valence-corrected chi connectivity index (χ2v) is 19.3. The number of hydrogen-bond donors (Lipinski definition) is 0. The van der Waals surface area contributed by atoms with E-state index >= 15 is 0 Å². The van der Waals surface area contributed by atoms with Gasteiger partial charge in [-0.05, 0) is 36.0 Å². The third kappa shape index (κ3) is 28.8. The maximum Gasteiger partial charge on any atom is 0.234 e. The van der Waals surface area contributed by atoms with Crippen molar-refractivity contribution in [1.82, 2.24) is 44.1 Å². The molecule has 9 rings (SSSR count). The Morgan fingerprint density at radius 3 is 1.12 bits per heavy atom. The first-order valence-corrected chi connectivity index (χ1v) is 29.1. The summed E-state index contributed by atoms with van der Waals surface area (Å²) in [5.41, 5.74) is 3.73. The summed E-state index contributed by atoms with van der Waals surface area (Å²) in [4.78, 5) is 85.3. The second kappa shape index (κ2) is 48.0. The topological polar surface area (TPSA) is 132 Å². The molecule has 0 bridgehead atoms. The molecule has 0 aliphatic carbocycles. The van der Waals surface area contributed by atoms with Crippen molar-refractivity contribution in [3.63, 3.8) is 0 Å². The van der Waals surface area contributed by atoms with Gasteiger partial charge < -0.3 is 43.8 Å². The number of rotatable bonds is 15. The van der Waals surface area contributed by atoms with Gasteiger partial charge >= 0.3 is 0 Å². The second-order valence-electron chi connectivity index (χ2n) is 19.3. The van der Waals surface area contributed by atoms with Crippen LogP contribution >= 0.6 is 0 Å². The summed E-state index contributed by atoms with van der Waals surface area (Å²) in [5.74, 6) is 9.30. The third-order valence-corrected chi connectivity index (χ3v) is 14.4. The van der Waals surface area contributed by atoms with Gasteiger partial charge in [-0.3, -0.25) is 29.1 Å². The number of unbranched alkanes of at least 4 members (excludes halogenated alkanes) is 1. The Labute approximate surface area is 569 Å². The van der Waals surface area contributed by atoms with E-state index in [0.717, 1.165) is 143 Å². The first-order valence-electron chi connectivity index (χ1n) is 29.1. The number of piperazine rings is 3. The monoisotopic (exact) mass is 1350 g/mol. The van der Waals surface area contributed by atoms with Gasteiger partial charge in [-0.1, -0.05) is 151 Å². The molecule has 82 heavy (non-hydrogen) atoms. The molecule has 6 heterocycles. The van der Waals surface area contributed by atoms with E-state index in [4.69, 9.17) is 6.42 Å². The largest absolute Gasteiger partial charge is 0.520 e. The van der Waals surface area contributed by atoms with E-state index in [2.05, 4.69) is 56.7 Å². The summed E-state index contributed by atoms with van der Waals surface area (Å²) in [6.45, 7) is 28.8. The van der Waals surface area contributed by atoms with Crippen molar-refractivity contribution in [3.05, 3.63) is 108 Å². The maximum absolute atomic E-state index is 12.2. The van der Waals surface area contributed by atoms with Gasteiger partial charge in [0.05, 0.1) is 6.42 Å². The number of nitrogens with zero attached hydrogens (tertiary/aromatic N) is 9. The van der Waals surface area contributed by atoms with E-state index in [0.29, 0.717) is 49.7 Å². The number of likely N-dealkylation sites (tertiary alicyclic amines) is 3. The van der Waals surface area contributed by atoms with Crippen molar-refractivity contribution in [3.8, 4) is 24.2 Å². The molecule has 0 unspecified atom stereocenters. The molecular weight excluding hydrogens is 1260 g/mol. The summed E-state index contributed by atoms with van der Waals surface area (Å²) in [6, 6.07) is 31.9. The van der Waals surface area contributed by atoms with Crippen LogP contribution in [0.3, 0.4) is 0 Å². The first-order chi connectivity index (χ1) is 38.7. The number of benzene rings is 3. The Morgan fingerprint density at radius 2 is 0.780 bits per heavy atom. The molecule has 0 aromatic heterocycles.